The molecule has 5 rings (SSSR count). The summed E-state index contributed by atoms with van der Waals surface area (Å²) in [4.78, 5) is 2.28. The van der Waals surface area contributed by atoms with E-state index in [9.17, 15) is 5.11 Å². The first-order valence-corrected chi connectivity index (χ1v) is 11.0. The molecule has 150 valence electrons. The zero-order chi connectivity index (χ0) is 20.2. The standard InChI is InChI=1S/C22H23Cl4NO/c1-27(2)22-9-14(12-3-5-16(23)18(25)7-12)21(20(28)11-22)15(10-22)13-4-6-17(24)19(26)8-13/h3-8,14-15,20-21,28H,9-11H2,1-2H3/t14-,15-,20-,21?,22?/m0/s1. The van der Waals surface area contributed by atoms with Gasteiger partial charge in [0.15, 0.2) is 0 Å². The molecule has 0 radical (unpaired) electrons. The van der Waals surface area contributed by atoms with Crippen molar-refractivity contribution >= 4 is 46.4 Å². The van der Waals surface area contributed by atoms with Gasteiger partial charge in [0, 0.05) is 5.54 Å². The number of hydrogen-bond acceptors (Lipinski definition) is 2. The third kappa shape index (κ3) is 3.47. The molecule has 1 N–H and O–H groups in total. The number of halogens is 4. The van der Waals surface area contributed by atoms with Crippen molar-refractivity contribution in [2.24, 2.45) is 5.92 Å². The Labute approximate surface area is 186 Å². The van der Waals surface area contributed by atoms with Crippen molar-refractivity contribution in [2.45, 2.75) is 42.7 Å². The second-order valence-electron chi connectivity index (χ2n) is 8.44. The highest BCUT2D eigenvalue weighted by Crippen LogP contribution is 2.59. The van der Waals surface area contributed by atoms with Crippen molar-refractivity contribution in [1.29, 1.82) is 0 Å². The van der Waals surface area contributed by atoms with Crippen LogP contribution in [0.4, 0.5) is 0 Å². The molecule has 28 heavy (non-hydrogen) atoms. The van der Waals surface area contributed by atoms with Gasteiger partial charge in [-0.05, 0) is 86.5 Å². The molecule has 0 aromatic heterocycles. The van der Waals surface area contributed by atoms with Gasteiger partial charge in [0.2, 0.25) is 0 Å². The van der Waals surface area contributed by atoms with E-state index in [-0.39, 0.29) is 23.3 Å². The van der Waals surface area contributed by atoms with Gasteiger partial charge in [0.1, 0.15) is 0 Å². The Morgan fingerprint density at radius 2 is 1.25 bits per heavy atom. The lowest BCUT2D eigenvalue weighted by Crippen LogP contribution is -2.60. The molecule has 0 spiro atoms. The van der Waals surface area contributed by atoms with Gasteiger partial charge < -0.3 is 10.0 Å². The van der Waals surface area contributed by atoms with E-state index in [4.69, 9.17) is 46.4 Å². The molecule has 0 amide bonds. The molecule has 0 heterocycles. The number of aliphatic hydroxyl groups excluding tert-OH is 1. The van der Waals surface area contributed by atoms with Crippen molar-refractivity contribution in [3.63, 3.8) is 0 Å². The maximum atomic E-state index is 11.2. The number of rotatable bonds is 3. The van der Waals surface area contributed by atoms with E-state index in [0.717, 1.165) is 30.4 Å². The molecule has 2 aromatic carbocycles. The number of benzene rings is 2. The van der Waals surface area contributed by atoms with Crippen LogP contribution in [0.25, 0.3) is 0 Å². The lowest BCUT2D eigenvalue weighted by Gasteiger charge is -2.59. The van der Waals surface area contributed by atoms with Gasteiger partial charge in [0.05, 0.1) is 26.2 Å². The Kier molecular flexibility index (Phi) is 5.68. The van der Waals surface area contributed by atoms with Gasteiger partial charge in [0.25, 0.3) is 0 Å². The van der Waals surface area contributed by atoms with Crippen LogP contribution >= 0.6 is 46.4 Å². The number of hydrogen-bond donors (Lipinski definition) is 1. The summed E-state index contributed by atoms with van der Waals surface area (Å²) in [6.07, 6.45) is 2.35. The molecule has 6 heteroatoms. The van der Waals surface area contributed by atoms with Crippen molar-refractivity contribution < 1.29 is 5.11 Å². The quantitative estimate of drug-likeness (QED) is 0.556. The van der Waals surface area contributed by atoms with E-state index in [1.165, 1.54) is 0 Å². The van der Waals surface area contributed by atoms with Gasteiger partial charge in [-0.1, -0.05) is 58.5 Å². The minimum absolute atomic E-state index is 0.0816. The van der Waals surface area contributed by atoms with E-state index in [2.05, 4.69) is 19.0 Å². The molecule has 3 fully saturated rings. The average molecular weight is 459 g/mol. The molecule has 0 aliphatic heterocycles. The Balaban J connectivity index is 1.81. The van der Waals surface area contributed by atoms with E-state index >= 15 is 0 Å². The SMILES string of the molecule is CN(C)C12C[C@H](O)C([C@H](c3ccc(Cl)c(Cl)c3)C1)[C@H](c1ccc(Cl)c(Cl)c1)C2. The third-order valence-corrected chi connectivity index (χ3v) is 8.33. The summed E-state index contributed by atoms with van der Waals surface area (Å²) in [6, 6.07) is 11.7. The predicted octanol–water partition coefficient (Wildman–Crippen LogP) is 6.64. The Hall–Kier alpha value is -0.480. The van der Waals surface area contributed by atoms with E-state index in [1.54, 1.807) is 0 Å². The lowest BCUT2D eigenvalue weighted by molar-refractivity contribution is -0.0909. The van der Waals surface area contributed by atoms with Crippen LogP contribution in [0.3, 0.4) is 0 Å². The minimum atomic E-state index is -0.399. The lowest BCUT2D eigenvalue weighted by atomic mass is 9.52. The molecule has 3 atom stereocenters. The second kappa shape index (κ2) is 7.65. The van der Waals surface area contributed by atoms with Gasteiger partial charge in [-0.15, -0.1) is 0 Å². The van der Waals surface area contributed by atoms with Crippen LogP contribution in [0.2, 0.25) is 20.1 Å². The highest BCUT2D eigenvalue weighted by Gasteiger charge is 2.56. The molecule has 0 saturated heterocycles. The van der Waals surface area contributed by atoms with Crippen LogP contribution in [0.1, 0.15) is 42.2 Å². The fraction of sp³-hybridized carbons (Fsp3) is 0.455. The summed E-state index contributed by atoms with van der Waals surface area (Å²) in [5.74, 6) is 0.472. The molecule has 3 aliphatic carbocycles. The molecule has 2 bridgehead atoms. The summed E-state index contributed by atoms with van der Waals surface area (Å²) < 4.78 is 0. The minimum Gasteiger partial charge on any atom is -0.393 e. The largest absolute Gasteiger partial charge is 0.393 e. The van der Waals surface area contributed by atoms with Crippen molar-refractivity contribution in [3.8, 4) is 0 Å². The van der Waals surface area contributed by atoms with Crippen LogP contribution in [-0.4, -0.2) is 35.7 Å². The van der Waals surface area contributed by atoms with Crippen molar-refractivity contribution in [1.82, 2.24) is 4.90 Å². The number of aliphatic hydroxyl groups is 1. The molecular weight excluding hydrogens is 436 g/mol. The monoisotopic (exact) mass is 457 g/mol. The first-order valence-electron chi connectivity index (χ1n) is 9.47. The summed E-state index contributed by atoms with van der Waals surface area (Å²) in [7, 11) is 4.21. The van der Waals surface area contributed by atoms with E-state index in [0.29, 0.717) is 20.1 Å². The summed E-state index contributed by atoms with van der Waals surface area (Å²) in [6.45, 7) is 0. The fourth-order valence-electron chi connectivity index (χ4n) is 5.40. The maximum Gasteiger partial charge on any atom is 0.0597 e. The first kappa shape index (κ1) is 20.8. The summed E-state index contributed by atoms with van der Waals surface area (Å²) in [5.41, 5.74) is 2.19. The zero-order valence-corrected chi connectivity index (χ0v) is 18.8. The normalized spacial score (nSPS) is 32.1. The molecule has 2 nitrogen and oxygen atoms in total. The topological polar surface area (TPSA) is 23.5 Å². The first-order chi connectivity index (χ1) is 13.2. The molecule has 2 aromatic rings. The number of fused-ring (bicyclic) bond motifs is 3. The van der Waals surface area contributed by atoms with Gasteiger partial charge in [-0.25, -0.2) is 0 Å². The predicted molar refractivity (Wildman–Crippen MR) is 118 cm³/mol. The fourth-order valence-corrected chi connectivity index (χ4v) is 6.01. The summed E-state index contributed by atoms with van der Waals surface area (Å²) >= 11 is 24.9. The molecule has 3 aliphatic rings. The Morgan fingerprint density at radius 1 is 0.786 bits per heavy atom. The molecule has 0 unspecified atom stereocenters. The molecule has 3 saturated carbocycles. The smallest absolute Gasteiger partial charge is 0.0597 e. The average Bonchev–Trinajstić information content (AvgIpc) is 2.65. The van der Waals surface area contributed by atoms with E-state index < -0.39 is 6.10 Å². The Morgan fingerprint density at radius 3 is 1.64 bits per heavy atom. The van der Waals surface area contributed by atoms with Crippen molar-refractivity contribution in [2.75, 3.05) is 14.1 Å². The number of nitrogens with zero attached hydrogens (tertiary/aromatic N) is 1. The van der Waals surface area contributed by atoms with Gasteiger partial charge in [-0.3, -0.25) is 0 Å². The van der Waals surface area contributed by atoms with Crippen LogP contribution in [0, 0.1) is 5.92 Å². The molecular formula is C22H23Cl4NO. The maximum absolute atomic E-state index is 11.2. The third-order valence-electron chi connectivity index (χ3n) is 6.85. The van der Waals surface area contributed by atoms with Crippen LogP contribution in [0.5, 0.6) is 0 Å². The van der Waals surface area contributed by atoms with Crippen LogP contribution in [-0.2, 0) is 0 Å². The van der Waals surface area contributed by atoms with Crippen LogP contribution < -0.4 is 0 Å². The zero-order valence-electron chi connectivity index (χ0n) is 15.8. The van der Waals surface area contributed by atoms with Crippen molar-refractivity contribution in [3.05, 3.63) is 67.6 Å². The van der Waals surface area contributed by atoms with Crippen LogP contribution in [0.15, 0.2) is 36.4 Å². The highest BCUT2D eigenvalue weighted by molar-refractivity contribution is 6.42. The van der Waals surface area contributed by atoms with Gasteiger partial charge in [-0.2, -0.15) is 0 Å². The Bertz CT molecular complexity index is 839. The van der Waals surface area contributed by atoms with Gasteiger partial charge >= 0.3 is 0 Å². The highest BCUT2D eigenvalue weighted by atomic mass is 35.5. The second-order valence-corrected chi connectivity index (χ2v) is 10.1. The summed E-state index contributed by atoms with van der Waals surface area (Å²) in [5, 5.41) is 13.4. The van der Waals surface area contributed by atoms with E-state index in [1.807, 2.05) is 36.4 Å².